The topological polar surface area (TPSA) is 24.7 Å². The Morgan fingerprint density at radius 1 is 0.412 bits per heavy atom. The third kappa shape index (κ3) is 3.39. The first-order valence-corrected chi connectivity index (χ1v) is 21.2. The predicted octanol–water partition coefficient (Wildman–Crippen LogP) is 11.3. The molecule has 0 aromatic heterocycles. The maximum atomic E-state index is 6.36. The van der Waals surface area contributed by atoms with Crippen LogP contribution in [0, 0.1) is 25.7 Å². The first kappa shape index (κ1) is 30.2. The molecule has 246 valence electrons. The van der Waals surface area contributed by atoms with Crippen LogP contribution in [0.5, 0.6) is 0 Å². The Bertz CT molecular complexity index is 2210. The van der Waals surface area contributed by atoms with E-state index in [0.29, 0.717) is 0 Å². The molecular weight excluding hydrogens is 654 g/mol. The van der Waals surface area contributed by atoms with Crippen LogP contribution < -0.4 is 0 Å². The number of aliphatic imine (C=N–C) groups is 2. The third-order valence-corrected chi connectivity index (χ3v) is 21.9. The SMILES string of the molecule is Cc1ccc(C23C4C(c5ccccc5)=NC5(c6ccccc6)P2CP2C3(c3ccccc3)N=C(c3ccccc3)C4C25c2ccc(C)cc2)cc1. The zero-order chi connectivity index (χ0) is 34.0. The fourth-order valence-corrected chi connectivity index (χ4v) is 24.2. The highest BCUT2D eigenvalue weighted by atomic mass is 31.2. The Hall–Kier alpha value is -4.48. The van der Waals surface area contributed by atoms with Crippen LogP contribution in [0.3, 0.4) is 0 Å². The van der Waals surface area contributed by atoms with Crippen molar-refractivity contribution < 1.29 is 0 Å². The largest absolute Gasteiger partial charge is 0.271 e. The molecule has 8 bridgehead atoms. The van der Waals surface area contributed by atoms with Gasteiger partial charge < -0.3 is 0 Å². The number of rotatable bonds is 6. The van der Waals surface area contributed by atoms with E-state index in [1.807, 2.05) is 0 Å². The summed E-state index contributed by atoms with van der Waals surface area (Å²) in [6.45, 7) is 4.44. The van der Waals surface area contributed by atoms with Gasteiger partial charge in [0.05, 0.1) is 10.3 Å². The summed E-state index contributed by atoms with van der Waals surface area (Å²) in [4.78, 5) is 12.7. The lowest BCUT2D eigenvalue weighted by Crippen LogP contribution is -2.77. The molecule has 0 N–H and O–H groups in total. The van der Waals surface area contributed by atoms with Crippen molar-refractivity contribution in [2.45, 2.75) is 34.7 Å². The molecule has 14 rings (SSSR count). The minimum Gasteiger partial charge on any atom is -0.271 e. The summed E-state index contributed by atoms with van der Waals surface area (Å²) in [5, 5.41) is -1.31. The van der Waals surface area contributed by atoms with Crippen molar-refractivity contribution in [3.8, 4) is 0 Å². The fraction of sp³-hybridized carbons (Fsp3) is 0.191. The average molecular weight is 693 g/mol. The van der Waals surface area contributed by atoms with Gasteiger partial charge in [0.2, 0.25) is 0 Å². The van der Waals surface area contributed by atoms with Crippen LogP contribution in [-0.2, 0) is 20.9 Å². The number of nitrogens with zero attached hydrogens (tertiary/aromatic N) is 2. The van der Waals surface area contributed by atoms with Crippen LogP contribution in [0.1, 0.15) is 44.5 Å². The molecule has 4 saturated heterocycles. The Morgan fingerprint density at radius 2 is 0.745 bits per heavy atom. The molecule has 2 nitrogen and oxygen atoms in total. The van der Waals surface area contributed by atoms with Gasteiger partial charge in [0.15, 0.2) is 0 Å². The highest BCUT2D eigenvalue weighted by Crippen LogP contribution is 3.10. The zero-order valence-corrected chi connectivity index (χ0v) is 30.6. The maximum absolute atomic E-state index is 6.36. The highest BCUT2D eigenvalue weighted by Gasteiger charge is 2.95. The van der Waals surface area contributed by atoms with Gasteiger partial charge in [0.25, 0.3) is 0 Å². The van der Waals surface area contributed by atoms with Crippen molar-refractivity contribution in [2.24, 2.45) is 21.8 Å². The molecule has 0 aliphatic carbocycles. The van der Waals surface area contributed by atoms with E-state index in [-0.39, 0.29) is 22.1 Å². The minimum absolute atomic E-state index is 0.148. The quantitative estimate of drug-likeness (QED) is 0.155. The Morgan fingerprint density at radius 3 is 1.10 bits per heavy atom. The Kier molecular flexibility index (Phi) is 6.24. The number of benzene rings is 6. The van der Waals surface area contributed by atoms with Gasteiger partial charge in [-0.3, -0.25) is 9.98 Å². The molecule has 0 amide bonds. The van der Waals surface area contributed by atoms with E-state index >= 15 is 0 Å². The highest BCUT2D eigenvalue weighted by molar-refractivity contribution is 7.85. The summed E-state index contributed by atoms with van der Waals surface area (Å²) < 4.78 is 0. The van der Waals surface area contributed by atoms with E-state index in [4.69, 9.17) is 9.98 Å². The summed E-state index contributed by atoms with van der Waals surface area (Å²) in [7, 11) is -1.53. The lowest BCUT2D eigenvalue weighted by Gasteiger charge is -2.79. The molecule has 8 aliphatic rings. The summed E-state index contributed by atoms with van der Waals surface area (Å²) in [5.74, 6) is 1.49. The smallest absolute Gasteiger partial charge is 0.120 e. The summed E-state index contributed by atoms with van der Waals surface area (Å²) in [6, 6.07) is 64.8. The van der Waals surface area contributed by atoms with Crippen molar-refractivity contribution >= 4 is 27.3 Å². The molecule has 0 saturated carbocycles. The van der Waals surface area contributed by atoms with Crippen LogP contribution in [-0.4, -0.2) is 17.3 Å². The van der Waals surface area contributed by atoms with Gasteiger partial charge >= 0.3 is 0 Å². The number of hydrogen-bond donors (Lipinski definition) is 0. The molecule has 0 spiro atoms. The summed E-state index contributed by atoms with van der Waals surface area (Å²) in [5.41, 5.74) is 13.3. The van der Waals surface area contributed by atoms with Crippen LogP contribution in [0.15, 0.2) is 180 Å². The van der Waals surface area contributed by atoms with Gasteiger partial charge in [0.1, 0.15) is 10.6 Å². The zero-order valence-electron chi connectivity index (χ0n) is 28.8. The normalized spacial score (nSPS) is 33.4. The van der Waals surface area contributed by atoms with Gasteiger partial charge in [-0.25, -0.2) is 0 Å². The molecule has 8 unspecified atom stereocenters. The molecular formula is C47H38N2P2. The van der Waals surface area contributed by atoms with Crippen molar-refractivity contribution in [2.75, 3.05) is 5.90 Å². The number of aryl methyl sites for hydroxylation is 2. The second kappa shape index (κ2) is 10.5. The lowest BCUT2D eigenvalue weighted by atomic mass is 9.54. The molecule has 4 fully saturated rings. The second-order valence-electron chi connectivity index (χ2n) is 15.0. The minimum atomic E-state index is -0.765. The van der Waals surface area contributed by atoms with E-state index in [9.17, 15) is 0 Å². The molecule has 51 heavy (non-hydrogen) atoms. The van der Waals surface area contributed by atoms with E-state index in [1.165, 1.54) is 61.8 Å². The van der Waals surface area contributed by atoms with E-state index in [2.05, 4.69) is 184 Å². The van der Waals surface area contributed by atoms with Gasteiger partial charge in [0, 0.05) is 23.3 Å². The predicted molar refractivity (Wildman–Crippen MR) is 214 cm³/mol. The molecule has 0 radical (unpaired) electrons. The number of hydrogen-bond acceptors (Lipinski definition) is 2. The van der Waals surface area contributed by atoms with Gasteiger partial charge in [-0.1, -0.05) is 197 Å². The molecule has 8 heterocycles. The van der Waals surface area contributed by atoms with Crippen molar-refractivity contribution in [1.29, 1.82) is 0 Å². The Balaban J connectivity index is 1.40. The second-order valence-corrected chi connectivity index (χ2v) is 20.6. The van der Waals surface area contributed by atoms with Crippen LogP contribution in [0.4, 0.5) is 0 Å². The van der Waals surface area contributed by atoms with E-state index in [1.54, 1.807) is 0 Å². The average Bonchev–Trinajstić information content (AvgIpc) is 3.69. The van der Waals surface area contributed by atoms with Crippen LogP contribution in [0.2, 0.25) is 0 Å². The molecule has 8 aliphatic heterocycles. The van der Waals surface area contributed by atoms with Crippen molar-refractivity contribution in [3.63, 3.8) is 0 Å². The summed E-state index contributed by atoms with van der Waals surface area (Å²) in [6.07, 6.45) is 0. The monoisotopic (exact) mass is 692 g/mol. The van der Waals surface area contributed by atoms with Crippen molar-refractivity contribution in [3.05, 3.63) is 214 Å². The van der Waals surface area contributed by atoms with Crippen LogP contribution in [0.25, 0.3) is 0 Å². The molecule has 8 atom stereocenters. The lowest BCUT2D eigenvalue weighted by molar-refractivity contribution is 0.144. The molecule has 4 heteroatoms. The first-order chi connectivity index (χ1) is 25.1. The van der Waals surface area contributed by atoms with Crippen LogP contribution >= 0.6 is 15.8 Å². The molecule has 6 aromatic carbocycles. The maximum Gasteiger partial charge on any atom is 0.120 e. The molecule has 6 aromatic rings. The van der Waals surface area contributed by atoms with E-state index < -0.39 is 26.4 Å². The third-order valence-electron chi connectivity index (χ3n) is 12.8. The standard InChI is InChI=1S/C47H38N2P2/c1-32-23-27-36(28-24-32)44-40-41-43(35-17-9-4-10-18-35)48-46(44,38-19-11-5-12-20-38)51-31-50(44)47(39-21-13-6-14-22-39,49-42(40)34-15-7-3-8-16-34)45(41,51)37-29-25-33(2)26-30-37/h3-30,40-41H,31H2,1-2H3. The van der Waals surface area contributed by atoms with Gasteiger partial charge in [-0.15, -0.1) is 0 Å². The van der Waals surface area contributed by atoms with Gasteiger partial charge in [-0.2, -0.15) is 0 Å². The first-order valence-electron chi connectivity index (χ1n) is 18.2. The Labute approximate surface area is 302 Å². The fourth-order valence-electron chi connectivity index (χ4n) is 11.2. The van der Waals surface area contributed by atoms with E-state index in [0.717, 1.165) is 0 Å². The van der Waals surface area contributed by atoms with Gasteiger partial charge in [-0.05, 0) is 53.1 Å². The van der Waals surface area contributed by atoms with Crippen molar-refractivity contribution in [1.82, 2.24) is 0 Å². The summed E-state index contributed by atoms with van der Waals surface area (Å²) >= 11 is 0.